The van der Waals surface area contributed by atoms with E-state index in [0.717, 1.165) is 0 Å². The van der Waals surface area contributed by atoms with Crippen molar-refractivity contribution in [1.82, 2.24) is 4.98 Å². The van der Waals surface area contributed by atoms with Gasteiger partial charge in [-0.05, 0) is 54.8 Å². The number of hydrogen-bond acceptors (Lipinski definition) is 5. The summed E-state index contributed by atoms with van der Waals surface area (Å²) in [5.41, 5.74) is -2.28. The van der Waals surface area contributed by atoms with Gasteiger partial charge in [0.15, 0.2) is 0 Å². The highest BCUT2D eigenvalue weighted by atomic mass is 79.9. The van der Waals surface area contributed by atoms with Crippen LogP contribution in [0.25, 0.3) is 0 Å². The Kier molecular flexibility index (Phi) is 7.22. The van der Waals surface area contributed by atoms with Gasteiger partial charge in [0.1, 0.15) is 15.8 Å². The highest BCUT2D eigenvalue weighted by molar-refractivity contribution is 9.10. The Bertz CT molecular complexity index is 705. The fourth-order valence-corrected chi connectivity index (χ4v) is 2.64. The molecule has 0 fully saturated rings. The molecule has 1 atom stereocenters. The first-order chi connectivity index (χ1) is 12.1. The Morgan fingerprint density at radius 1 is 1.19 bits per heavy atom. The van der Waals surface area contributed by atoms with Crippen molar-refractivity contribution in [2.45, 2.75) is 73.0 Å². The van der Waals surface area contributed by atoms with E-state index in [1.54, 1.807) is 67.5 Å². The van der Waals surface area contributed by atoms with Gasteiger partial charge in [-0.15, -0.1) is 0 Å². The summed E-state index contributed by atoms with van der Waals surface area (Å²) < 4.78 is 5.88. The SMILES string of the molecule is CC(C)C(O)(CC(=O)OC(C)(C)C)c1nc(Br)ccc1NC(=O)C(C)(C)C. The minimum Gasteiger partial charge on any atom is -0.460 e. The summed E-state index contributed by atoms with van der Waals surface area (Å²) in [5.74, 6) is -1.10. The molecule has 0 bridgehead atoms. The highest BCUT2D eigenvalue weighted by Crippen LogP contribution is 2.38. The van der Waals surface area contributed by atoms with Crippen molar-refractivity contribution in [3.8, 4) is 0 Å². The number of hydrogen-bond donors (Lipinski definition) is 2. The summed E-state index contributed by atoms with van der Waals surface area (Å²) in [6.45, 7) is 14.3. The van der Waals surface area contributed by atoms with Crippen LogP contribution in [0.5, 0.6) is 0 Å². The molecule has 1 unspecified atom stereocenters. The highest BCUT2D eigenvalue weighted by Gasteiger charge is 2.41. The van der Waals surface area contributed by atoms with Gasteiger partial charge < -0.3 is 15.2 Å². The summed E-state index contributed by atoms with van der Waals surface area (Å²) in [4.78, 5) is 29.3. The molecule has 0 aliphatic heterocycles. The van der Waals surface area contributed by atoms with E-state index in [9.17, 15) is 14.7 Å². The summed E-state index contributed by atoms with van der Waals surface area (Å²) in [6, 6.07) is 3.34. The second-order valence-electron chi connectivity index (χ2n) is 9.08. The predicted octanol–water partition coefficient (Wildman–Crippen LogP) is 4.40. The summed E-state index contributed by atoms with van der Waals surface area (Å²) in [7, 11) is 0. The quantitative estimate of drug-likeness (QED) is 0.520. The minimum atomic E-state index is -1.60. The second kappa shape index (κ2) is 8.27. The summed E-state index contributed by atoms with van der Waals surface area (Å²) >= 11 is 3.31. The number of pyridine rings is 1. The van der Waals surface area contributed by atoms with Gasteiger partial charge in [0.25, 0.3) is 0 Å². The van der Waals surface area contributed by atoms with Crippen LogP contribution in [0.2, 0.25) is 0 Å². The molecular formula is C20H31BrN2O4. The number of esters is 1. The van der Waals surface area contributed by atoms with E-state index in [0.29, 0.717) is 10.3 Å². The van der Waals surface area contributed by atoms with E-state index < -0.39 is 22.6 Å². The van der Waals surface area contributed by atoms with Crippen molar-refractivity contribution in [3.05, 3.63) is 22.4 Å². The van der Waals surface area contributed by atoms with Gasteiger partial charge >= 0.3 is 5.97 Å². The third-order valence-corrected chi connectivity index (χ3v) is 4.43. The Balaban J connectivity index is 3.36. The van der Waals surface area contributed by atoms with Crippen LogP contribution in [-0.4, -0.2) is 27.6 Å². The van der Waals surface area contributed by atoms with Crippen LogP contribution < -0.4 is 5.32 Å². The van der Waals surface area contributed by atoms with E-state index in [4.69, 9.17) is 4.74 Å². The zero-order valence-corrected chi connectivity index (χ0v) is 19.0. The lowest BCUT2D eigenvalue weighted by atomic mass is 9.82. The maximum atomic E-state index is 12.5. The lowest BCUT2D eigenvalue weighted by molar-refractivity contribution is -0.163. The standard InChI is InChI=1S/C20H31BrN2O4/c1-12(2)20(26,11-15(24)27-19(6,7)8)16-13(9-10-14(21)23-16)22-17(25)18(3,4)5/h9-10,12,26H,11H2,1-8H3,(H,22,25). The molecule has 6 nitrogen and oxygen atoms in total. The normalized spacial score (nSPS) is 14.6. The van der Waals surface area contributed by atoms with Crippen LogP contribution in [0.1, 0.15) is 67.5 Å². The molecule has 1 heterocycles. The van der Waals surface area contributed by atoms with Crippen LogP contribution in [-0.2, 0) is 19.9 Å². The van der Waals surface area contributed by atoms with Crippen molar-refractivity contribution >= 4 is 33.5 Å². The molecule has 0 saturated carbocycles. The Morgan fingerprint density at radius 2 is 1.74 bits per heavy atom. The van der Waals surface area contributed by atoms with Crippen LogP contribution in [0.15, 0.2) is 16.7 Å². The lowest BCUT2D eigenvalue weighted by Gasteiger charge is -2.34. The number of anilines is 1. The van der Waals surface area contributed by atoms with Crippen molar-refractivity contribution in [2.24, 2.45) is 11.3 Å². The molecule has 0 radical (unpaired) electrons. The van der Waals surface area contributed by atoms with Crippen molar-refractivity contribution in [1.29, 1.82) is 0 Å². The van der Waals surface area contributed by atoms with Crippen LogP contribution in [0.4, 0.5) is 5.69 Å². The van der Waals surface area contributed by atoms with Gasteiger partial charge in [-0.3, -0.25) is 9.59 Å². The molecular weight excluding hydrogens is 412 g/mol. The minimum absolute atomic E-state index is 0.212. The average Bonchev–Trinajstić information content (AvgIpc) is 2.45. The number of carbonyl (C=O) groups excluding carboxylic acids is 2. The number of amides is 1. The van der Waals surface area contributed by atoms with Crippen molar-refractivity contribution in [2.75, 3.05) is 5.32 Å². The third kappa shape index (κ3) is 6.57. The van der Waals surface area contributed by atoms with Crippen LogP contribution >= 0.6 is 15.9 Å². The van der Waals surface area contributed by atoms with Crippen LogP contribution in [0, 0.1) is 11.3 Å². The van der Waals surface area contributed by atoms with E-state index in [-0.39, 0.29) is 23.9 Å². The Morgan fingerprint density at radius 3 is 2.19 bits per heavy atom. The zero-order valence-electron chi connectivity index (χ0n) is 17.4. The number of ether oxygens (including phenoxy) is 1. The monoisotopic (exact) mass is 442 g/mol. The molecule has 1 aromatic rings. The van der Waals surface area contributed by atoms with Gasteiger partial charge in [-0.2, -0.15) is 0 Å². The van der Waals surface area contributed by atoms with Gasteiger partial charge in [-0.25, -0.2) is 4.98 Å². The number of aliphatic hydroxyl groups is 1. The lowest BCUT2D eigenvalue weighted by Crippen LogP contribution is -2.39. The first-order valence-corrected chi connectivity index (χ1v) is 9.78. The summed E-state index contributed by atoms with van der Waals surface area (Å²) in [6.07, 6.45) is -0.274. The molecule has 0 aliphatic carbocycles. The zero-order chi connectivity index (χ0) is 21.2. The molecule has 152 valence electrons. The molecule has 27 heavy (non-hydrogen) atoms. The third-order valence-electron chi connectivity index (χ3n) is 3.99. The Labute approximate surface area is 170 Å². The van der Waals surface area contributed by atoms with Gasteiger partial charge in [0.05, 0.1) is 17.8 Å². The molecule has 1 aromatic heterocycles. The number of aromatic nitrogens is 1. The number of nitrogens with zero attached hydrogens (tertiary/aromatic N) is 1. The van der Waals surface area contributed by atoms with Gasteiger partial charge in [-0.1, -0.05) is 34.6 Å². The van der Waals surface area contributed by atoms with Crippen molar-refractivity contribution in [3.63, 3.8) is 0 Å². The molecule has 2 N–H and O–H groups in total. The second-order valence-corrected chi connectivity index (χ2v) is 9.89. The number of carbonyl (C=O) groups is 2. The fraction of sp³-hybridized carbons (Fsp3) is 0.650. The molecule has 0 spiro atoms. The molecule has 1 amide bonds. The van der Waals surface area contributed by atoms with E-state index in [2.05, 4.69) is 26.2 Å². The van der Waals surface area contributed by atoms with Crippen LogP contribution in [0.3, 0.4) is 0 Å². The van der Waals surface area contributed by atoms with Gasteiger partial charge in [0, 0.05) is 5.41 Å². The first kappa shape index (κ1) is 23.6. The molecule has 0 aliphatic rings. The number of halogens is 1. The predicted molar refractivity (Wildman–Crippen MR) is 109 cm³/mol. The fourth-order valence-electron chi connectivity index (χ4n) is 2.33. The smallest absolute Gasteiger partial charge is 0.309 e. The molecule has 1 rings (SSSR count). The van der Waals surface area contributed by atoms with Crippen molar-refractivity contribution < 1.29 is 19.4 Å². The largest absolute Gasteiger partial charge is 0.460 e. The van der Waals surface area contributed by atoms with E-state index >= 15 is 0 Å². The average molecular weight is 443 g/mol. The molecule has 7 heteroatoms. The maximum Gasteiger partial charge on any atom is 0.309 e. The topological polar surface area (TPSA) is 88.5 Å². The maximum absolute atomic E-state index is 12.5. The van der Waals surface area contributed by atoms with Gasteiger partial charge in [0.2, 0.25) is 5.91 Å². The van der Waals surface area contributed by atoms with E-state index in [1.807, 2.05) is 0 Å². The number of rotatable bonds is 5. The Hall–Kier alpha value is -1.47. The number of nitrogens with one attached hydrogen (secondary N) is 1. The molecule has 0 saturated heterocycles. The summed E-state index contributed by atoms with van der Waals surface area (Å²) in [5, 5.41) is 14.2. The first-order valence-electron chi connectivity index (χ1n) is 8.99. The van der Waals surface area contributed by atoms with E-state index in [1.165, 1.54) is 0 Å². The molecule has 0 aromatic carbocycles.